The maximum Gasteiger partial charge on any atom is 0.408 e. The Labute approximate surface area is 257 Å². The predicted molar refractivity (Wildman–Crippen MR) is 175 cm³/mol. The average Bonchev–Trinajstić information content (AvgIpc) is 2.91. The first-order valence-corrected chi connectivity index (χ1v) is 15.2. The van der Waals surface area contributed by atoms with Gasteiger partial charge in [-0.15, -0.1) is 0 Å². The highest BCUT2D eigenvalue weighted by molar-refractivity contribution is 6.00. The molecule has 0 saturated carbocycles. The van der Waals surface area contributed by atoms with E-state index in [1.54, 1.807) is 25.7 Å². The Balaban J connectivity index is 2.13. The number of carbonyl (C=O) groups excluding carboxylic acids is 3. The average molecular weight is 588 g/mol. The van der Waals surface area contributed by atoms with Gasteiger partial charge in [0.25, 0.3) is 5.91 Å². The summed E-state index contributed by atoms with van der Waals surface area (Å²) in [4.78, 5) is 43.6. The number of fused-ring (bicyclic) bond motifs is 1. The van der Waals surface area contributed by atoms with Crippen molar-refractivity contribution in [2.24, 2.45) is 5.92 Å². The molecule has 0 saturated heterocycles. The highest BCUT2D eigenvalue weighted by Crippen LogP contribution is 2.34. The van der Waals surface area contributed by atoms with Crippen molar-refractivity contribution < 1.29 is 19.1 Å². The van der Waals surface area contributed by atoms with Crippen LogP contribution in [0.15, 0.2) is 60.7 Å². The smallest absolute Gasteiger partial charge is 0.408 e. The lowest BCUT2D eigenvalue weighted by atomic mass is 9.90. The zero-order chi connectivity index (χ0) is 32.1. The van der Waals surface area contributed by atoms with Crippen molar-refractivity contribution in [3.8, 4) is 0 Å². The molecule has 0 aromatic heterocycles. The number of aryl methyl sites for hydroxylation is 2. The standard InChI is InChI=1S/C36H49N3O4/c1-11-36(9,10)39(33(41)30(20-23(2)3)38-34(42)43-35(6,7)8)31(28-17-16-24(4)25(5)21-28)32(40)37-29-19-18-26-14-12-13-15-27(26)22-29/h12-19,21-23,30-31H,11,20H2,1-10H3,(H,37,40)(H,38,42). The van der Waals surface area contributed by atoms with E-state index >= 15 is 0 Å². The molecule has 3 aromatic carbocycles. The normalized spacial score (nSPS) is 13.4. The van der Waals surface area contributed by atoms with Crippen LogP contribution in [0, 0.1) is 19.8 Å². The molecule has 0 aliphatic heterocycles. The van der Waals surface area contributed by atoms with E-state index in [0.29, 0.717) is 24.1 Å². The fourth-order valence-corrected chi connectivity index (χ4v) is 5.09. The molecular weight excluding hydrogens is 538 g/mol. The number of hydrogen-bond acceptors (Lipinski definition) is 4. The monoisotopic (exact) mass is 587 g/mol. The van der Waals surface area contributed by atoms with E-state index in [4.69, 9.17) is 4.74 Å². The topological polar surface area (TPSA) is 87.7 Å². The van der Waals surface area contributed by atoms with E-state index in [2.05, 4.69) is 10.6 Å². The molecule has 0 aliphatic rings. The number of ether oxygens (including phenoxy) is 1. The molecule has 0 radical (unpaired) electrons. The summed E-state index contributed by atoms with van der Waals surface area (Å²) in [6, 6.07) is 17.8. The minimum Gasteiger partial charge on any atom is -0.444 e. The summed E-state index contributed by atoms with van der Waals surface area (Å²) in [5.74, 6) is -0.556. The lowest BCUT2D eigenvalue weighted by Gasteiger charge is -2.45. The molecule has 0 heterocycles. The summed E-state index contributed by atoms with van der Waals surface area (Å²) in [6.07, 6.45) is 0.314. The molecule has 0 fully saturated rings. The van der Waals surface area contributed by atoms with Crippen LogP contribution in [-0.4, -0.2) is 40.0 Å². The van der Waals surface area contributed by atoms with E-state index in [1.165, 1.54) is 0 Å². The minimum atomic E-state index is -0.955. The molecule has 232 valence electrons. The number of hydrogen-bond donors (Lipinski definition) is 2. The first-order chi connectivity index (χ1) is 20.0. The third-order valence-electron chi connectivity index (χ3n) is 7.82. The number of alkyl carbamates (subject to hydrolysis) is 1. The van der Waals surface area contributed by atoms with Gasteiger partial charge in [-0.1, -0.05) is 69.3 Å². The molecule has 0 aliphatic carbocycles. The van der Waals surface area contributed by atoms with Crippen molar-refractivity contribution in [2.75, 3.05) is 5.32 Å². The summed E-state index contributed by atoms with van der Waals surface area (Å²) < 4.78 is 5.53. The molecule has 3 amide bonds. The Morgan fingerprint density at radius 2 is 1.51 bits per heavy atom. The third-order valence-corrected chi connectivity index (χ3v) is 7.82. The van der Waals surface area contributed by atoms with Crippen LogP contribution in [-0.2, 0) is 14.3 Å². The van der Waals surface area contributed by atoms with Crippen LogP contribution in [0.4, 0.5) is 10.5 Å². The SMILES string of the molecule is CCC(C)(C)N(C(=O)C(CC(C)C)NC(=O)OC(C)(C)C)C(C(=O)Nc1ccc2ccccc2c1)c1ccc(C)c(C)c1. The first-order valence-electron chi connectivity index (χ1n) is 15.2. The molecule has 2 N–H and O–H groups in total. The van der Waals surface area contributed by atoms with Crippen LogP contribution in [0.3, 0.4) is 0 Å². The fraction of sp³-hybridized carbons (Fsp3) is 0.472. The number of benzene rings is 3. The van der Waals surface area contributed by atoms with Gasteiger partial charge in [0.15, 0.2) is 0 Å². The maximum atomic E-state index is 14.7. The van der Waals surface area contributed by atoms with Gasteiger partial charge in [-0.3, -0.25) is 9.59 Å². The summed E-state index contributed by atoms with van der Waals surface area (Å²) in [5, 5.41) is 8.01. The summed E-state index contributed by atoms with van der Waals surface area (Å²) >= 11 is 0. The molecule has 2 atom stereocenters. The van der Waals surface area contributed by atoms with Crippen LogP contribution in [0.25, 0.3) is 10.8 Å². The van der Waals surface area contributed by atoms with Crippen molar-refractivity contribution in [2.45, 2.75) is 105 Å². The van der Waals surface area contributed by atoms with Crippen LogP contribution in [0.2, 0.25) is 0 Å². The van der Waals surface area contributed by atoms with E-state index < -0.39 is 29.3 Å². The van der Waals surface area contributed by atoms with Gasteiger partial charge in [-0.05, 0) is 107 Å². The van der Waals surface area contributed by atoms with Crippen LogP contribution >= 0.6 is 0 Å². The molecular formula is C36H49N3O4. The van der Waals surface area contributed by atoms with Gasteiger partial charge in [0.2, 0.25) is 5.91 Å². The molecule has 2 unspecified atom stereocenters. The molecule has 3 rings (SSSR count). The van der Waals surface area contributed by atoms with E-state index in [9.17, 15) is 14.4 Å². The lowest BCUT2D eigenvalue weighted by Crippen LogP contribution is -2.59. The van der Waals surface area contributed by atoms with Crippen molar-refractivity contribution in [1.29, 1.82) is 0 Å². The highest BCUT2D eigenvalue weighted by atomic mass is 16.6. The third kappa shape index (κ3) is 8.82. The Morgan fingerprint density at radius 1 is 0.860 bits per heavy atom. The van der Waals surface area contributed by atoms with Gasteiger partial charge in [-0.25, -0.2) is 4.79 Å². The summed E-state index contributed by atoms with van der Waals surface area (Å²) in [5.41, 5.74) is 2.01. The van der Waals surface area contributed by atoms with Gasteiger partial charge >= 0.3 is 6.09 Å². The second kappa shape index (κ2) is 13.6. The number of carbonyl (C=O) groups is 3. The zero-order valence-electron chi connectivity index (χ0n) is 27.5. The second-order valence-corrected chi connectivity index (χ2v) is 13.5. The number of anilines is 1. The predicted octanol–water partition coefficient (Wildman–Crippen LogP) is 8.09. The van der Waals surface area contributed by atoms with E-state index in [-0.39, 0.29) is 17.7 Å². The van der Waals surface area contributed by atoms with Crippen molar-refractivity contribution in [3.05, 3.63) is 77.4 Å². The van der Waals surface area contributed by atoms with Crippen molar-refractivity contribution in [1.82, 2.24) is 10.2 Å². The zero-order valence-corrected chi connectivity index (χ0v) is 27.5. The van der Waals surface area contributed by atoms with E-state index in [1.807, 2.05) is 109 Å². The fourth-order valence-electron chi connectivity index (χ4n) is 5.09. The molecule has 3 aromatic rings. The van der Waals surface area contributed by atoms with Gasteiger partial charge in [0.05, 0.1) is 0 Å². The molecule has 0 spiro atoms. The summed E-state index contributed by atoms with van der Waals surface area (Å²) in [6.45, 7) is 19.3. The van der Waals surface area contributed by atoms with Crippen LogP contribution < -0.4 is 10.6 Å². The van der Waals surface area contributed by atoms with Gasteiger partial charge < -0.3 is 20.3 Å². The number of nitrogens with one attached hydrogen (secondary N) is 2. The van der Waals surface area contributed by atoms with Gasteiger partial charge in [0.1, 0.15) is 17.7 Å². The van der Waals surface area contributed by atoms with Gasteiger partial charge in [-0.2, -0.15) is 0 Å². The van der Waals surface area contributed by atoms with Crippen molar-refractivity contribution in [3.63, 3.8) is 0 Å². The van der Waals surface area contributed by atoms with E-state index in [0.717, 1.165) is 21.9 Å². The Hall–Kier alpha value is -3.87. The van der Waals surface area contributed by atoms with Gasteiger partial charge in [0, 0.05) is 11.2 Å². The Bertz CT molecular complexity index is 1450. The van der Waals surface area contributed by atoms with Crippen LogP contribution in [0.1, 0.15) is 91.0 Å². The first kappa shape index (κ1) is 33.6. The number of rotatable bonds is 10. The quantitative estimate of drug-likeness (QED) is 0.251. The highest BCUT2D eigenvalue weighted by Gasteiger charge is 2.43. The molecule has 7 nitrogen and oxygen atoms in total. The second-order valence-electron chi connectivity index (χ2n) is 13.5. The van der Waals surface area contributed by atoms with Crippen molar-refractivity contribution >= 4 is 34.4 Å². The molecule has 7 heteroatoms. The minimum absolute atomic E-state index is 0.0990. The maximum absolute atomic E-state index is 14.7. The Morgan fingerprint density at radius 3 is 2.09 bits per heavy atom. The molecule has 0 bridgehead atoms. The molecule has 43 heavy (non-hydrogen) atoms. The largest absolute Gasteiger partial charge is 0.444 e. The summed E-state index contributed by atoms with van der Waals surface area (Å²) in [7, 11) is 0. The Kier molecular flexibility index (Phi) is 10.7. The number of nitrogens with zero attached hydrogens (tertiary/aromatic N) is 1. The van der Waals surface area contributed by atoms with Crippen LogP contribution in [0.5, 0.6) is 0 Å². The lowest BCUT2D eigenvalue weighted by molar-refractivity contribution is -0.148. The number of amides is 3.